The highest BCUT2D eigenvalue weighted by Gasteiger charge is 2.14. The molecule has 0 aliphatic rings. The van der Waals surface area contributed by atoms with E-state index in [9.17, 15) is 0 Å². The molecule has 0 aliphatic carbocycles. The lowest BCUT2D eigenvalue weighted by Crippen LogP contribution is -1.95. The Morgan fingerprint density at radius 2 is 1.81 bits per heavy atom. The minimum atomic E-state index is 0.691. The van der Waals surface area contributed by atoms with Crippen molar-refractivity contribution in [3.05, 3.63) is 46.7 Å². The Morgan fingerprint density at radius 1 is 1.05 bits per heavy atom. The topological polar surface area (TPSA) is 35.8 Å². The molecule has 0 spiro atoms. The second-order valence-corrected chi connectivity index (χ2v) is 5.43. The van der Waals surface area contributed by atoms with Gasteiger partial charge in [-0.1, -0.05) is 6.07 Å². The first kappa shape index (κ1) is 13.9. The summed E-state index contributed by atoms with van der Waals surface area (Å²) in [4.78, 5) is 4.63. The normalized spacial score (nSPS) is 10.9. The Bertz CT molecular complexity index is 811. The van der Waals surface area contributed by atoms with E-state index in [0.29, 0.717) is 11.5 Å². The molecule has 0 fully saturated rings. The Kier molecular flexibility index (Phi) is 3.59. The summed E-state index contributed by atoms with van der Waals surface area (Å²) in [5, 5.41) is 0. The van der Waals surface area contributed by atoms with Crippen LogP contribution in [0.1, 0.15) is 5.69 Å². The zero-order valence-corrected chi connectivity index (χ0v) is 13.6. The summed E-state index contributed by atoms with van der Waals surface area (Å²) in [6.07, 6.45) is 0. The molecular weight excluding hydrogens is 332 g/mol. The number of nitrogens with zero attached hydrogens (tertiary/aromatic N) is 2. The molecule has 2 heterocycles. The number of rotatable bonds is 3. The van der Waals surface area contributed by atoms with Crippen molar-refractivity contribution >= 4 is 21.4 Å². The Labute approximate surface area is 131 Å². The van der Waals surface area contributed by atoms with Crippen molar-refractivity contribution in [2.45, 2.75) is 6.92 Å². The van der Waals surface area contributed by atoms with Crippen molar-refractivity contribution in [3.63, 3.8) is 0 Å². The Morgan fingerprint density at radius 3 is 2.52 bits per heavy atom. The highest BCUT2D eigenvalue weighted by Crippen LogP contribution is 2.34. The molecule has 0 unspecified atom stereocenters. The van der Waals surface area contributed by atoms with Gasteiger partial charge in [-0.15, -0.1) is 0 Å². The summed E-state index contributed by atoms with van der Waals surface area (Å²) in [5.74, 6) is 2.27. The van der Waals surface area contributed by atoms with E-state index in [-0.39, 0.29) is 0 Å². The lowest BCUT2D eigenvalue weighted by atomic mass is 10.2. The number of methoxy groups -OCH3 is 2. The molecule has 0 bridgehead atoms. The van der Waals surface area contributed by atoms with Crippen LogP contribution in [-0.2, 0) is 0 Å². The van der Waals surface area contributed by atoms with Gasteiger partial charge in [0.25, 0.3) is 0 Å². The molecule has 21 heavy (non-hydrogen) atoms. The van der Waals surface area contributed by atoms with E-state index >= 15 is 0 Å². The SMILES string of the molecule is COc1ccc(-c2nc(Br)c3cccc(C)n23)cc1OC. The van der Waals surface area contributed by atoms with E-state index in [2.05, 4.69) is 38.3 Å². The Hall–Kier alpha value is -2.01. The smallest absolute Gasteiger partial charge is 0.161 e. The second-order valence-electron chi connectivity index (χ2n) is 4.68. The third-order valence-corrected chi connectivity index (χ3v) is 4.04. The molecule has 3 rings (SSSR count). The number of aromatic nitrogens is 2. The van der Waals surface area contributed by atoms with E-state index in [1.807, 2.05) is 30.3 Å². The zero-order chi connectivity index (χ0) is 15.0. The fourth-order valence-corrected chi connectivity index (χ4v) is 2.91. The predicted octanol–water partition coefficient (Wildman–Crippen LogP) is 4.09. The maximum absolute atomic E-state index is 5.37. The van der Waals surface area contributed by atoms with Crippen LogP contribution in [0.4, 0.5) is 0 Å². The number of fused-ring (bicyclic) bond motifs is 1. The first-order chi connectivity index (χ1) is 10.2. The quantitative estimate of drug-likeness (QED) is 0.716. The summed E-state index contributed by atoms with van der Waals surface area (Å²) < 4.78 is 13.6. The number of imidazole rings is 1. The molecule has 1 aromatic carbocycles. The molecule has 0 N–H and O–H groups in total. The molecule has 0 aliphatic heterocycles. The first-order valence-corrected chi connectivity index (χ1v) is 7.31. The van der Waals surface area contributed by atoms with Crippen molar-refractivity contribution in [1.29, 1.82) is 0 Å². The molecule has 0 saturated heterocycles. The fraction of sp³-hybridized carbons (Fsp3) is 0.188. The summed E-state index contributed by atoms with van der Waals surface area (Å²) in [6, 6.07) is 11.9. The second kappa shape index (κ2) is 5.41. The highest BCUT2D eigenvalue weighted by molar-refractivity contribution is 9.10. The average Bonchev–Trinajstić information content (AvgIpc) is 2.85. The summed E-state index contributed by atoms with van der Waals surface area (Å²) >= 11 is 3.53. The van der Waals surface area contributed by atoms with Crippen molar-refractivity contribution in [3.8, 4) is 22.9 Å². The van der Waals surface area contributed by atoms with Crippen LogP contribution in [0.15, 0.2) is 41.0 Å². The van der Waals surface area contributed by atoms with Gasteiger partial charge in [-0.25, -0.2) is 4.98 Å². The number of hydrogen-bond donors (Lipinski definition) is 0. The number of ether oxygens (including phenoxy) is 2. The standard InChI is InChI=1S/C16H15BrN2O2/c1-10-5-4-6-12-15(17)18-16(19(10)12)11-7-8-13(20-2)14(9-11)21-3/h4-9H,1-3H3. The maximum atomic E-state index is 5.37. The molecular formula is C16H15BrN2O2. The van der Waals surface area contributed by atoms with Gasteiger partial charge >= 0.3 is 0 Å². The van der Waals surface area contributed by atoms with Crippen molar-refractivity contribution < 1.29 is 9.47 Å². The molecule has 2 aromatic heterocycles. The summed E-state index contributed by atoms with van der Waals surface area (Å²) in [7, 11) is 3.26. The Balaban J connectivity index is 2.26. The summed E-state index contributed by atoms with van der Waals surface area (Å²) in [6.45, 7) is 2.06. The fourth-order valence-electron chi connectivity index (χ4n) is 2.43. The van der Waals surface area contributed by atoms with Crippen LogP contribution in [0.2, 0.25) is 0 Å². The zero-order valence-electron chi connectivity index (χ0n) is 12.1. The van der Waals surface area contributed by atoms with Gasteiger partial charge in [-0.2, -0.15) is 0 Å². The van der Waals surface area contributed by atoms with E-state index in [0.717, 1.165) is 27.2 Å². The molecule has 4 nitrogen and oxygen atoms in total. The molecule has 0 saturated carbocycles. The molecule has 0 amide bonds. The molecule has 0 atom stereocenters. The van der Waals surface area contributed by atoms with Crippen LogP contribution in [0.3, 0.4) is 0 Å². The van der Waals surface area contributed by atoms with Gasteiger partial charge in [-0.05, 0) is 53.2 Å². The molecule has 108 valence electrons. The van der Waals surface area contributed by atoms with Gasteiger partial charge in [0.2, 0.25) is 0 Å². The minimum Gasteiger partial charge on any atom is -0.493 e. The monoisotopic (exact) mass is 346 g/mol. The lowest BCUT2D eigenvalue weighted by molar-refractivity contribution is 0.355. The third kappa shape index (κ3) is 2.27. The van der Waals surface area contributed by atoms with E-state index in [4.69, 9.17) is 9.47 Å². The maximum Gasteiger partial charge on any atom is 0.161 e. The van der Waals surface area contributed by atoms with Gasteiger partial charge in [-0.3, -0.25) is 4.40 Å². The highest BCUT2D eigenvalue weighted by atomic mass is 79.9. The third-order valence-electron chi connectivity index (χ3n) is 3.45. The molecule has 5 heteroatoms. The van der Waals surface area contributed by atoms with Crippen molar-refractivity contribution in [2.75, 3.05) is 14.2 Å². The van der Waals surface area contributed by atoms with Crippen molar-refractivity contribution in [1.82, 2.24) is 9.38 Å². The van der Waals surface area contributed by atoms with Gasteiger partial charge in [0.15, 0.2) is 11.5 Å². The van der Waals surface area contributed by atoms with Crippen LogP contribution in [0, 0.1) is 6.92 Å². The first-order valence-electron chi connectivity index (χ1n) is 6.51. The van der Waals surface area contributed by atoms with Crippen LogP contribution in [0.5, 0.6) is 11.5 Å². The average molecular weight is 347 g/mol. The number of halogens is 1. The minimum absolute atomic E-state index is 0.691. The lowest BCUT2D eigenvalue weighted by Gasteiger charge is -2.10. The van der Waals surface area contributed by atoms with Crippen molar-refractivity contribution in [2.24, 2.45) is 0 Å². The van der Waals surface area contributed by atoms with Crippen LogP contribution < -0.4 is 9.47 Å². The van der Waals surface area contributed by atoms with E-state index in [1.165, 1.54) is 0 Å². The van der Waals surface area contributed by atoms with Gasteiger partial charge < -0.3 is 9.47 Å². The number of pyridine rings is 1. The van der Waals surface area contributed by atoms with Crippen LogP contribution >= 0.6 is 15.9 Å². The van der Waals surface area contributed by atoms with Crippen LogP contribution in [-0.4, -0.2) is 23.6 Å². The number of hydrogen-bond acceptors (Lipinski definition) is 3. The van der Waals surface area contributed by atoms with Crippen LogP contribution in [0.25, 0.3) is 16.9 Å². The number of aryl methyl sites for hydroxylation is 1. The molecule has 0 radical (unpaired) electrons. The van der Waals surface area contributed by atoms with E-state index in [1.54, 1.807) is 14.2 Å². The van der Waals surface area contributed by atoms with Gasteiger partial charge in [0.1, 0.15) is 10.4 Å². The van der Waals surface area contributed by atoms with E-state index < -0.39 is 0 Å². The molecule has 3 aromatic rings. The van der Waals surface area contributed by atoms with Gasteiger partial charge in [0, 0.05) is 11.3 Å². The van der Waals surface area contributed by atoms with Gasteiger partial charge in [0.05, 0.1) is 19.7 Å². The largest absolute Gasteiger partial charge is 0.493 e. The number of benzene rings is 1. The predicted molar refractivity (Wildman–Crippen MR) is 86.2 cm³/mol. The summed E-state index contributed by atoms with van der Waals surface area (Å²) in [5.41, 5.74) is 3.14.